The van der Waals surface area contributed by atoms with Crippen LogP contribution in [0.1, 0.15) is 26.2 Å². The molecule has 4 heteroatoms. The van der Waals surface area contributed by atoms with Crippen LogP contribution in [0.5, 0.6) is 0 Å². The van der Waals surface area contributed by atoms with Crippen molar-refractivity contribution in [3.05, 3.63) is 0 Å². The van der Waals surface area contributed by atoms with E-state index >= 15 is 0 Å². The van der Waals surface area contributed by atoms with Crippen LogP contribution in [0.4, 0.5) is 4.79 Å². The van der Waals surface area contributed by atoms with Gasteiger partial charge in [-0.15, -0.1) is 0 Å². The number of hydrogen-bond donors (Lipinski definition) is 1. The predicted octanol–water partition coefficient (Wildman–Crippen LogP) is 0.481. The van der Waals surface area contributed by atoms with Crippen molar-refractivity contribution >= 4 is 11.9 Å². The van der Waals surface area contributed by atoms with E-state index in [0.717, 1.165) is 12.8 Å². The van der Waals surface area contributed by atoms with Crippen LogP contribution in [-0.2, 0) is 4.79 Å². The van der Waals surface area contributed by atoms with Gasteiger partial charge < -0.3 is 4.90 Å². The minimum Gasteiger partial charge on any atom is -0.319 e. The molecule has 0 unspecified atom stereocenters. The maximum atomic E-state index is 11.3. The zero-order valence-corrected chi connectivity index (χ0v) is 7.09. The van der Waals surface area contributed by atoms with Crippen LogP contribution in [0.3, 0.4) is 0 Å². The van der Waals surface area contributed by atoms with Gasteiger partial charge in [0.2, 0.25) is 5.91 Å². The molecule has 2 fully saturated rings. The third-order valence-corrected chi connectivity index (χ3v) is 2.68. The molecule has 0 spiro atoms. The molecule has 0 aromatic rings. The Labute approximate surface area is 70.9 Å². The fourth-order valence-electron chi connectivity index (χ4n) is 1.53. The molecule has 1 N–H and O–H groups in total. The van der Waals surface area contributed by atoms with E-state index in [4.69, 9.17) is 0 Å². The molecule has 4 nitrogen and oxygen atoms in total. The number of urea groups is 1. The lowest BCUT2D eigenvalue weighted by Gasteiger charge is -2.32. The van der Waals surface area contributed by atoms with Gasteiger partial charge in [0, 0.05) is 18.5 Å². The van der Waals surface area contributed by atoms with Crippen LogP contribution in [0.2, 0.25) is 0 Å². The van der Waals surface area contributed by atoms with Crippen molar-refractivity contribution in [2.75, 3.05) is 6.54 Å². The number of imide groups is 1. The van der Waals surface area contributed by atoms with Crippen LogP contribution in [-0.4, -0.2) is 28.9 Å². The molecule has 2 aliphatic rings. The number of rotatable bonds is 1. The molecule has 1 saturated heterocycles. The Balaban J connectivity index is 2.08. The van der Waals surface area contributed by atoms with Crippen LogP contribution in [0.15, 0.2) is 0 Å². The standard InChI is InChI=1S/C8H12N2O2/c1-8(3-4-8)10-5-2-6(11)9-7(10)12/h2-5H2,1H3,(H,9,11,12). The molecule has 1 heterocycles. The zero-order chi connectivity index (χ0) is 8.77. The third-order valence-electron chi connectivity index (χ3n) is 2.68. The highest BCUT2D eigenvalue weighted by atomic mass is 16.2. The summed E-state index contributed by atoms with van der Waals surface area (Å²) in [6, 6.07) is -0.216. The van der Waals surface area contributed by atoms with Gasteiger partial charge in [0.15, 0.2) is 0 Å². The molecule has 1 saturated carbocycles. The first-order chi connectivity index (χ1) is 5.62. The summed E-state index contributed by atoms with van der Waals surface area (Å²) in [4.78, 5) is 23.9. The minimum absolute atomic E-state index is 0.0464. The van der Waals surface area contributed by atoms with Crippen LogP contribution >= 0.6 is 0 Å². The van der Waals surface area contributed by atoms with Crippen molar-refractivity contribution in [2.24, 2.45) is 0 Å². The number of carbonyl (C=O) groups is 2. The highest BCUT2D eigenvalue weighted by Crippen LogP contribution is 2.41. The normalized spacial score (nSPS) is 26.9. The summed E-state index contributed by atoms with van der Waals surface area (Å²) < 4.78 is 0. The van der Waals surface area contributed by atoms with Gasteiger partial charge in [-0.05, 0) is 19.8 Å². The van der Waals surface area contributed by atoms with Crippen molar-refractivity contribution in [1.82, 2.24) is 10.2 Å². The number of nitrogens with one attached hydrogen (secondary N) is 1. The quantitative estimate of drug-likeness (QED) is 0.619. The van der Waals surface area contributed by atoms with E-state index in [9.17, 15) is 9.59 Å². The van der Waals surface area contributed by atoms with Gasteiger partial charge >= 0.3 is 6.03 Å². The maximum Gasteiger partial charge on any atom is 0.324 e. The van der Waals surface area contributed by atoms with Crippen molar-refractivity contribution < 1.29 is 9.59 Å². The molecule has 1 aliphatic heterocycles. The SMILES string of the molecule is CC1(N2CCC(=O)NC2=O)CC1. The molecule has 0 aromatic heterocycles. The van der Waals surface area contributed by atoms with Crippen LogP contribution < -0.4 is 5.32 Å². The molecule has 0 radical (unpaired) electrons. The number of nitrogens with zero attached hydrogens (tertiary/aromatic N) is 1. The zero-order valence-electron chi connectivity index (χ0n) is 7.09. The van der Waals surface area contributed by atoms with Gasteiger partial charge in [0.25, 0.3) is 0 Å². The van der Waals surface area contributed by atoms with E-state index in [2.05, 4.69) is 12.2 Å². The summed E-state index contributed by atoms with van der Waals surface area (Å²) in [5.74, 6) is -0.152. The Bertz CT molecular complexity index is 245. The van der Waals surface area contributed by atoms with E-state index in [1.54, 1.807) is 4.90 Å². The minimum atomic E-state index is -0.216. The van der Waals surface area contributed by atoms with Gasteiger partial charge in [0.05, 0.1) is 0 Å². The molecule has 2 rings (SSSR count). The van der Waals surface area contributed by atoms with E-state index in [0.29, 0.717) is 13.0 Å². The molecule has 0 bridgehead atoms. The highest BCUT2D eigenvalue weighted by Gasteiger charge is 2.47. The third kappa shape index (κ3) is 1.07. The second-order valence-electron chi connectivity index (χ2n) is 3.75. The first-order valence-electron chi connectivity index (χ1n) is 4.23. The summed E-state index contributed by atoms with van der Waals surface area (Å²) in [6.45, 7) is 2.64. The first kappa shape index (κ1) is 7.58. The Morgan fingerprint density at radius 1 is 1.42 bits per heavy atom. The molecule has 3 amide bonds. The average Bonchev–Trinajstić information content (AvgIpc) is 2.68. The van der Waals surface area contributed by atoms with Crippen molar-refractivity contribution in [3.8, 4) is 0 Å². The van der Waals surface area contributed by atoms with E-state index in [1.165, 1.54) is 0 Å². The summed E-state index contributed by atoms with van der Waals surface area (Å²) in [5.41, 5.74) is 0.0464. The van der Waals surface area contributed by atoms with Crippen LogP contribution in [0.25, 0.3) is 0 Å². The van der Waals surface area contributed by atoms with Gasteiger partial charge in [-0.25, -0.2) is 4.79 Å². The number of carbonyl (C=O) groups excluding carboxylic acids is 2. The van der Waals surface area contributed by atoms with Gasteiger partial charge in [-0.3, -0.25) is 10.1 Å². The Morgan fingerprint density at radius 3 is 2.58 bits per heavy atom. The fourth-order valence-corrected chi connectivity index (χ4v) is 1.53. The predicted molar refractivity (Wildman–Crippen MR) is 42.5 cm³/mol. The summed E-state index contributed by atoms with van der Waals surface area (Å²) in [7, 11) is 0. The van der Waals surface area contributed by atoms with E-state index < -0.39 is 0 Å². The highest BCUT2D eigenvalue weighted by molar-refractivity contribution is 5.97. The lowest BCUT2D eigenvalue weighted by Crippen LogP contribution is -2.53. The van der Waals surface area contributed by atoms with E-state index in [1.807, 2.05) is 0 Å². The first-order valence-corrected chi connectivity index (χ1v) is 4.23. The smallest absolute Gasteiger partial charge is 0.319 e. The van der Waals surface area contributed by atoms with E-state index in [-0.39, 0.29) is 17.5 Å². The molecule has 12 heavy (non-hydrogen) atoms. The molecule has 0 atom stereocenters. The van der Waals surface area contributed by atoms with Crippen LogP contribution in [0, 0.1) is 0 Å². The molecular weight excluding hydrogens is 156 g/mol. The van der Waals surface area contributed by atoms with Crippen molar-refractivity contribution in [1.29, 1.82) is 0 Å². The number of hydrogen-bond acceptors (Lipinski definition) is 2. The second-order valence-corrected chi connectivity index (χ2v) is 3.75. The number of amides is 3. The summed E-state index contributed by atoms with van der Waals surface area (Å²) in [5, 5.41) is 2.32. The second kappa shape index (κ2) is 2.21. The van der Waals surface area contributed by atoms with Crippen molar-refractivity contribution in [2.45, 2.75) is 31.7 Å². The van der Waals surface area contributed by atoms with Gasteiger partial charge in [0.1, 0.15) is 0 Å². The maximum absolute atomic E-state index is 11.3. The monoisotopic (exact) mass is 168 g/mol. The lowest BCUT2D eigenvalue weighted by atomic mass is 10.2. The summed E-state index contributed by atoms with van der Waals surface area (Å²) in [6.07, 6.45) is 2.57. The molecule has 0 aromatic carbocycles. The van der Waals surface area contributed by atoms with Gasteiger partial charge in [-0.1, -0.05) is 0 Å². The Hall–Kier alpha value is -1.06. The molecular formula is C8H12N2O2. The largest absolute Gasteiger partial charge is 0.324 e. The Morgan fingerprint density at radius 2 is 2.08 bits per heavy atom. The fraction of sp³-hybridized carbons (Fsp3) is 0.750. The van der Waals surface area contributed by atoms with Gasteiger partial charge in [-0.2, -0.15) is 0 Å². The lowest BCUT2D eigenvalue weighted by molar-refractivity contribution is -0.121. The molecule has 66 valence electrons. The van der Waals surface area contributed by atoms with Crippen molar-refractivity contribution in [3.63, 3.8) is 0 Å². The summed E-state index contributed by atoms with van der Waals surface area (Å²) >= 11 is 0. The average molecular weight is 168 g/mol. The Kier molecular flexibility index (Phi) is 1.40. The topological polar surface area (TPSA) is 49.4 Å². The molecule has 1 aliphatic carbocycles.